The molecule has 0 amide bonds. The molecule has 12 N–H and O–H groups in total. The molecule has 7 aromatic heterocycles. The second-order valence-electron chi connectivity index (χ2n) is 34.4. The van der Waals surface area contributed by atoms with Crippen molar-refractivity contribution in [2.24, 2.45) is 0 Å². The second-order valence-corrected chi connectivity index (χ2v) is 34.4. The zero-order valence-electron chi connectivity index (χ0n) is 75.7. The number of hydrogen-bond acceptors (Lipinski definition) is 21. The van der Waals surface area contributed by atoms with Crippen molar-refractivity contribution in [1.82, 2.24) is 83.1 Å². The topological polar surface area (TPSA) is 455 Å². The van der Waals surface area contributed by atoms with Crippen LogP contribution in [-0.2, 0) is 0 Å². The monoisotopic (exact) mass is 1960 g/mol. The number of aromatic nitrogens is 7. The predicted octanol–water partition coefficient (Wildman–Crippen LogP) is 8.74. The van der Waals surface area contributed by atoms with Crippen LogP contribution in [0.2, 0.25) is 0 Å². The molecular formula is C94H90F11N29O8. The van der Waals surface area contributed by atoms with Crippen LogP contribution in [0.4, 0.5) is 71.4 Å². The number of carboxylic acid groups (broad SMARTS) is 2. The second kappa shape index (κ2) is 39.9. The summed E-state index contributed by atoms with van der Waals surface area (Å²) in [5, 5.41) is 102. The molecule has 142 heavy (non-hydrogen) atoms. The molecule has 0 unspecified atom stereocenters. The van der Waals surface area contributed by atoms with Gasteiger partial charge in [0.15, 0.2) is 86.5 Å². The zero-order valence-corrected chi connectivity index (χ0v) is 75.7. The first kappa shape index (κ1) is 96.8. The maximum absolute atomic E-state index is 16.5. The highest BCUT2D eigenvalue weighted by atomic mass is 19.2. The van der Waals surface area contributed by atoms with Gasteiger partial charge in [-0.15, -0.1) is 0 Å². The van der Waals surface area contributed by atoms with E-state index < -0.39 is 114 Å². The first-order valence-corrected chi connectivity index (χ1v) is 44.8. The Morgan fingerprint density at radius 3 is 0.944 bits per heavy atom. The lowest BCUT2D eigenvalue weighted by Gasteiger charge is -2.40. The molecule has 0 aliphatic carbocycles. The molecule has 0 atom stereocenters. The number of nitrogens with zero attached hydrogens (tertiary/aromatic N) is 19. The standard InChI is InChI=1S/C94H90F11N29O8/c1-51-38-52(95)2-6-69(51)134-50-61(90(141)142)82(138)59-45-68(105)88(116-85(59)134)125-26-20-123(21-27-125)80(109)48-78(107)120-16-17-121(77(106)47-79(108)122-18-24-124(25-19-122)86-66(103)43-57-75(135)10-12-131(83(57)114-86)70-7-3-53(96)39-62(70)99)23-33-129(93(112)118-94(113)130-34-28-126(29-35-130)87-67(104)44-58-76(136)11-13-132(84(58)115-87)71-8-4-54(97)40-63(71)100)37-36-128(32-22-120)92(111)117-91(110)127-30-14-119(15-31-127)74-46-73-56(42-65(74)102)81(137)60(89(139)140)49-133(73)72-9-5-55(98)41-64(72)101/h2-13,38-46,49-50,106-109H,14-37,47-48H2,1H3,(H,139,140)(H,141,142)(H3,110,111,117)(H3,112,113,118). The number of hydrogen-bond donors (Lipinski definition) is 12. The van der Waals surface area contributed by atoms with Crippen molar-refractivity contribution < 1.29 is 68.1 Å². The number of aryl methyl sites for hydroxylation is 1. The minimum absolute atomic E-state index is 0.00740. The molecule has 5 aliphatic rings. The number of anilines is 4. The van der Waals surface area contributed by atoms with Gasteiger partial charge in [0, 0.05) is 218 Å². The molecule has 17 rings (SSSR count). The van der Waals surface area contributed by atoms with Crippen LogP contribution in [-0.4, -0.2) is 299 Å². The van der Waals surface area contributed by atoms with Gasteiger partial charge in [0.2, 0.25) is 10.9 Å². The summed E-state index contributed by atoms with van der Waals surface area (Å²) in [6, 6.07) is 18.9. The van der Waals surface area contributed by atoms with E-state index in [1.807, 2.05) is 0 Å². The fraction of sp³-hybridized carbons (Fsp3) is 0.287. The molecular weight excluding hydrogens is 1870 g/mol. The Kier molecular flexibility index (Phi) is 27.2. The van der Waals surface area contributed by atoms with Crippen molar-refractivity contribution in [2.45, 2.75) is 19.8 Å². The van der Waals surface area contributed by atoms with E-state index in [9.17, 15) is 99.8 Å². The first-order valence-electron chi connectivity index (χ1n) is 44.8. The van der Waals surface area contributed by atoms with Crippen LogP contribution in [0.3, 0.4) is 0 Å². The minimum atomic E-state index is -1.69. The SMILES string of the molecule is Cc1cc(F)ccc1-n1cc(C(=O)O)c(=O)c2cc(F)c(N3CCN(C(=N)CC(=N)N4CCN(C(=N)CC(=N)N5CCN(c6nc7c(cc6F)c(=O)ccn7-c6ccc(F)cc6F)CC5)CCN(C(=N)NC(=N)N5CCN(c6nc7c(cc6F)c(=O)ccn7-c6ccc(F)cc6F)CC5)CCN(C(=N)NC(=N)N5CCN(c6cc7c(cc6F)c(=O)c(C(=O)O)cn7-c6ccc(F)cc6F)CC5)CC4)CC3)nc21. The van der Waals surface area contributed by atoms with E-state index in [2.05, 4.69) is 25.6 Å². The van der Waals surface area contributed by atoms with Gasteiger partial charge < -0.3 is 73.6 Å². The van der Waals surface area contributed by atoms with Gasteiger partial charge in [0.25, 0.3) is 0 Å². The number of fused-ring (bicyclic) bond motifs is 4. The fourth-order valence-corrected chi connectivity index (χ4v) is 18.1. The van der Waals surface area contributed by atoms with Gasteiger partial charge in [-0.3, -0.25) is 86.8 Å². The largest absolute Gasteiger partial charge is 0.477 e. The van der Waals surface area contributed by atoms with E-state index in [0.29, 0.717) is 23.8 Å². The average Bonchev–Trinajstić information content (AvgIpc) is 0.749. The van der Waals surface area contributed by atoms with Crippen molar-refractivity contribution >= 4 is 126 Å². The lowest BCUT2D eigenvalue weighted by Crippen LogP contribution is -2.58. The van der Waals surface area contributed by atoms with Gasteiger partial charge in [-0.25, -0.2) is 72.8 Å². The molecule has 5 aliphatic heterocycles. The van der Waals surface area contributed by atoms with Gasteiger partial charge in [-0.05, 0) is 97.4 Å². The van der Waals surface area contributed by atoms with Gasteiger partial charge in [-0.1, -0.05) is 0 Å². The van der Waals surface area contributed by atoms with E-state index in [1.165, 1.54) is 54.1 Å². The van der Waals surface area contributed by atoms with E-state index in [4.69, 9.17) is 0 Å². The number of aromatic carboxylic acids is 2. The molecule has 0 spiro atoms. The molecule has 0 radical (unpaired) electrons. The van der Waals surface area contributed by atoms with E-state index in [1.54, 1.807) is 55.9 Å². The van der Waals surface area contributed by atoms with Crippen molar-refractivity contribution in [3.8, 4) is 22.7 Å². The number of halogens is 11. The molecule has 5 aromatic carbocycles. The van der Waals surface area contributed by atoms with Crippen LogP contribution in [0.25, 0.3) is 66.8 Å². The summed E-state index contributed by atoms with van der Waals surface area (Å²) in [6.45, 7) is 0.874. The number of carbonyl (C=O) groups is 2. The van der Waals surface area contributed by atoms with E-state index >= 15 is 30.7 Å². The van der Waals surface area contributed by atoms with Gasteiger partial charge in [0.05, 0.1) is 63.0 Å². The number of amidine groups is 4. The molecule has 5 saturated heterocycles. The minimum Gasteiger partial charge on any atom is -0.477 e. The number of carboxylic acids is 2. The molecule has 0 bridgehead atoms. The Balaban J connectivity index is 0.634. The number of nitrogens with one attached hydrogen (secondary N) is 10. The fourth-order valence-electron chi connectivity index (χ4n) is 18.1. The summed E-state index contributed by atoms with van der Waals surface area (Å²) in [5.41, 5.74) is -5.60. The third kappa shape index (κ3) is 19.7. The van der Waals surface area contributed by atoms with Crippen LogP contribution in [0, 0.1) is 114 Å². The molecule has 48 heteroatoms. The number of benzene rings is 5. The Labute approximate surface area is 797 Å². The Hall–Kier alpha value is -16.9. The molecule has 0 saturated carbocycles. The lowest BCUT2D eigenvalue weighted by atomic mass is 10.1. The van der Waals surface area contributed by atoms with Crippen LogP contribution >= 0.6 is 0 Å². The smallest absolute Gasteiger partial charge is 0.341 e. The first-order chi connectivity index (χ1) is 67.9. The molecule has 12 heterocycles. The highest BCUT2D eigenvalue weighted by Crippen LogP contribution is 2.34. The van der Waals surface area contributed by atoms with E-state index in [-0.39, 0.29) is 302 Å². The Morgan fingerprint density at radius 2 is 0.592 bits per heavy atom. The quantitative estimate of drug-likeness (QED) is 0.0275. The van der Waals surface area contributed by atoms with Crippen LogP contribution in [0.1, 0.15) is 39.1 Å². The van der Waals surface area contributed by atoms with Crippen LogP contribution in [0.15, 0.2) is 159 Å². The molecule has 5 fully saturated rings. The number of piperazine rings is 4. The number of guanidine groups is 4. The van der Waals surface area contributed by atoms with Crippen molar-refractivity contribution in [1.29, 1.82) is 43.3 Å². The Bertz CT molecular complexity index is 7060. The summed E-state index contributed by atoms with van der Waals surface area (Å²) in [5.74, 6) is -15.8. The highest BCUT2D eigenvalue weighted by molar-refractivity contribution is 6.02. The summed E-state index contributed by atoms with van der Waals surface area (Å²) in [7, 11) is 0. The maximum atomic E-state index is 16.5. The molecule has 37 nitrogen and oxygen atoms in total. The van der Waals surface area contributed by atoms with Gasteiger partial charge in [0.1, 0.15) is 81.0 Å². The van der Waals surface area contributed by atoms with Crippen molar-refractivity contribution in [3.05, 3.63) is 262 Å². The summed E-state index contributed by atoms with van der Waals surface area (Å²) < 4.78 is 173. The van der Waals surface area contributed by atoms with Gasteiger partial charge >= 0.3 is 11.9 Å². The normalized spacial score (nSPS) is 15.4. The molecule has 12 aromatic rings. The summed E-state index contributed by atoms with van der Waals surface area (Å²) >= 11 is 0. The van der Waals surface area contributed by atoms with Gasteiger partial charge in [-0.2, -0.15) is 0 Å². The lowest BCUT2D eigenvalue weighted by molar-refractivity contribution is 0.0684. The third-order valence-corrected chi connectivity index (χ3v) is 25.8. The summed E-state index contributed by atoms with van der Waals surface area (Å²) in [6.07, 6.45) is 3.68. The van der Waals surface area contributed by atoms with Crippen molar-refractivity contribution in [2.75, 3.05) is 177 Å². The predicted molar refractivity (Wildman–Crippen MR) is 509 cm³/mol. The number of rotatable bonds is 14. The maximum Gasteiger partial charge on any atom is 0.341 e. The van der Waals surface area contributed by atoms with E-state index in [0.717, 1.165) is 95.8 Å². The molecule has 736 valence electrons. The summed E-state index contributed by atoms with van der Waals surface area (Å²) in [4.78, 5) is 111. The average molecular weight is 1960 g/mol. The Morgan fingerprint density at radius 1 is 0.310 bits per heavy atom. The highest BCUT2D eigenvalue weighted by Gasteiger charge is 2.35. The number of pyridine rings is 7. The van der Waals surface area contributed by atoms with Crippen LogP contribution < -0.4 is 51.9 Å². The third-order valence-electron chi connectivity index (χ3n) is 25.8. The van der Waals surface area contributed by atoms with Crippen LogP contribution in [0.5, 0.6) is 0 Å². The zero-order chi connectivity index (χ0) is 101. The van der Waals surface area contributed by atoms with Crippen molar-refractivity contribution in [3.63, 3.8) is 0 Å².